The maximum atomic E-state index is 13.0. The quantitative estimate of drug-likeness (QED) is 0.681. The van der Waals surface area contributed by atoms with Crippen LogP contribution < -0.4 is 0 Å². The van der Waals surface area contributed by atoms with E-state index in [1.54, 1.807) is 0 Å². The largest absolute Gasteiger partial charge is 0.330 e. The van der Waals surface area contributed by atoms with Gasteiger partial charge >= 0.3 is 0 Å². The van der Waals surface area contributed by atoms with Gasteiger partial charge in [-0.1, -0.05) is 36.4 Å². The summed E-state index contributed by atoms with van der Waals surface area (Å²) < 4.78 is 1.86. The van der Waals surface area contributed by atoms with Gasteiger partial charge in [-0.25, -0.2) is 0 Å². The number of amides is 1. The van der Waals surface area contributed by atoms with Gasteiger partial charge in [-0.2, -0.15) is 0 Å². The first-order valence-electron chi connectivity index (χ1n) is 8.77. The van der Waals surface area contributed by atoms with Crippen LogP contribution in [-0.4, -0.2) is 27.8 Å². The molecule has 1 aromatic heterocycles. The van der Waals surface area contributed by atoms with Gasteiger partial charge in [-0.15, -0.1) is 0 Å². The van der Waals surface area contributed by atoms with E-state index in [9.17, 15) is 9.59 Å². The van der Waals surface area contributed by atoms with E-state index < -0.39 is 0 Å². The molecule has 3 aromatic rings. The van der Waals surface area contributed by atoms with Crippen molar-refractivity contribution in [3.8, 4) is 0 Å². The molecule has 2 aliphatic rings. The lowest BCUT2D eigenvalue weighted by molar-refractivity contribution is 0.0593. The first-order chi connectivity index (χ1) is 12.3. The summed E-state index contributed by atoms with van der Waals surface area (Å²) in [7, 11) is 0. The van der Waals surface area contributed by atoms with Crippen molar-refractivity contribution in [1.82, 2.24) is 9.47 Å². The zero-order valence-electron chi connectivity index (χ0n) is 13.8. The Morgan fingerprint density at radius 2 is 1.72 bits per heavy atom. The third-order valence-electron chi connectivity index (χ3n) is 5.48. The number of hydrogen-bond acceptors (Lipinski definition) is 2. The first kappa shape index (κ1) is 14.5. The lowest BCUT2D eigenvalue weighted by atomic mass is 9.91. The van der Waals surface area contributed by atoms with Crippen molar-refractivity contribution in [2.75, 3.05) is 6.54 Å². The monoisotopic (exact) mass is 330 g/mol. The smallest absolute Gasteiger partial charge is 0.254 e. The molecule has 1 amide bonds. The molecule has 0 saturated carbocycles. The Balaban J connectivity index is 1.67. The fourth-order valence-electron chi connectivity index (χ4n) is 4.40. The second-order valence-electron chi connectivity index (χ2n) is 6.78. The second-order valence-corrected chi connectivity index (χ2v) is 6.78. The third kappa shape index (κ3) is 2.00. The van der Waals surface area contributed by atoms with Crippen LogP contribution in [0.4, 0.5) is 0 Å². The summed E-state index contributed by atoms with van der Waals surface area (Å²) in [4.78, 5) is 27.6. The van der Waals surface area contributed by atoms with Gasteiger partial charge in [-0.3, -0.25) is 14.2 Å². The summed E-state index contributed by atoms with van der Waals surface area (Å²) in [5.41, 5.74) is 3.97. The molecule has 0 bridgehead atoms. The standard InChI is InChI=1S/C21H18N2O2/c24-19-11-10-18-20-16(15-8-4-5-9-17(15)23(19)20)12-13-22(18)21(25)14-6-2-1-3-7-14/h1-9,18H,10-13H2. The highest BCUT2D eigenvalue weighted by molar-refractivity contribution is 5.99. The SMILES string of the molecule is O=C(c1ccccc1)N1CCc2c3n(c4ccccc24)C(=O)CCC31. The third-order valence-corrected chi connectivity index (χ3v) is 5.48. The van der Waals surface area contributed by atoms with Gasteiger partial charge in [0.25, 0.3) is 5.91 Å². The Bertz CT molecular complexity index is 1000. The number of rotatable bonds is 1. The number of aromatic nitrogens is 1. The molecule has 1 unspecified atom stereocenters. The predicted molar refractivity (Wildman–Crippen MR) is 95.7 cm³/mol. The highest BCUT2D eigenvalue weighted by Crippen LogP contribution is 2.42. The van der Waals surface area contributed by atoms with Crippen LogP contribution in [0.5, 0.6) is 0 Å². The van der Waals surface area contributed by atoms with E-state index in [1.165, 1.54) is 5.56 Å². The van der Waals surface area contributed by atoms with E-state index in [1.807, 2.05) is 58.0 Å². The van der Waals surface area contributed by atoms with E-state index in [2.05, 4.69) is 6.07 Å². The van der Waals surface area contributed by atoms with Gasteiger partial charge in [0.1, 0.15) is 0 Å². The number of benzene rings is 2. The summed E-state index contributed by atoms with van der Waals surface area (Å²) >= 11 is 0. The minimum Gasteiger partial charge on any atom is -0.330 e. The molecular formula is C21H18N2O2. The van der Waals surface area contributed by atoms with Crippen LogP contribution in [0.25, 0.3) is 10.9 Å². The van der Waals surface area contributed by atoms with E-state index >= 15 is 0 Å². The summed E-state index contributed by atoms with van der Waals surface area (Å²) in [6, 6.07) is 17.5. The van der Waals surface area contributed by atoms with Gasteiger partial charge < -0.3 is 4.90 Å². The Hall–Kier alpha value is -2.88. The van der Waals surface area contributed by atoms with Gasteiger partial charge in [0, 0.05) is 23.9 Å². The van der Waals surface area contributed by atoms with Crippen LogP contribution in [-0.2, 0) is 6.42 Å². The molecule has 0 spiro atoms. The molecule has 3 heterocycles. The van der Waals surface area contributed by atoms with Crippen LogP contribution >= 0.6 is 0 Å². The normalized spacial score (nSPS) is 19.1. The van der Waals surface area contributed by atoms with E-state index in [4.69, 9.17) is 0 Å². The van der Waals surface area contributed by atoms with E-state index in [0.29, 0.717) is 24.9 Å². The lowest BCUT2D eigenvalue weighted by Crippen LogP contribution is -2.43. The molecule has 2 aliphatic heterocycles. The minimum absolute atomic E-state index is 0.0124. The molecule has 0 radical (unpaired) electrons. The van der Waals surface area contributed by atoms with Gasteiger partial charge in [0.2, 0.25) is 5.91 Å². The number of para-hydroxylation sites is 1. The highest BCUT2D eigenvalue weighted by atomic mass is 16.2. The molecular weight excluding hydrogens is 312 g/mol. The molecule has 1 atom stereocenters. The molecule has 25 heavy (non-hydrogen) atoms. The van der Waals surface area contributed by atoms with E-state index in [-0.39, 0.29) is 17.9 Å². The number of carbonyl (C=O) groups excluding carboxylic acids is 2. The highest BCUT2D eigenvalue weighted by Gasteiger charge is 2.39. The summed E-state index contributed by atoms with van der Waals surface area (Å²) in [6.07, 6.45) is 1.99. The molecule has 5 rings (SSSR count). The van der Waals surface area contributed by atoms with Crippen molar-refractivity contribution in [1.29, 1.82) is 0 Å². The molecule has 0 N–H and O–H groups in total. The average molecular weight is 330 g/mol. The van der Waals surface area contributed by atoms with Crippen molar-refractivity contribution < 1.29 is 9.59 Å². The number of fused-ring (bicyclic) bond motifs is 3. The fourth-order valence-corrected chi connectivity index (χ4v) is 4.40. The van der Waals surface area contributed by atoms with Crippen LogP contribution in [0.3, 0.4) is 0 Å². The van der Waals surface area contributed by atoms with Crippen molar-refractivity contribution in [3.63, 3.8) is 0 Å². The van der Waals surface area contributed by atoms with Crippen LogP contribution in [0.1, 0.15) is 45.3 Å². The maximum Gasteiger partial charge on any atom is 0.254 e. The topological polar surface area (TPSA) is 42.3 Å². The van der Waals surface area contributed by atoms with Crippen molar-refractivity contribution in [2.45, 2.75) is 25.3 Å². The van der Waals surface area contributed by atoms with Crippen molar-refractivity contribution >= 4 is 22.7 Å². The molecule has 124 valence electrons. The zero-order chi connectivity index (χ0) is 17.0. The lowest BCUT2D eigenvalue weighted by Gasteiger charge is -2.39. The van der Waals surface area contributed by atoms with Crippen molar-refractivity contribution in [2.24, 2.45) is 0 Å². The number of carbonyl (C=O) groups is 2. The first-order valence-corrected chi connectivity index (χ1v) is 8.77. The van der Waals surface area contributed by atoms with Crippen LogP contribution in [0, 0.1) is 0 Å². The van der Waals surface area contributed by atoms with Crippen molar-refractivity contribution in [3.05, 3.63) is 71.4 Å². The second kappa shape index (κ2) is 5.31. The zero-order valence-corrected chi connectivity index (χ0v) is 13.8. The van der Waals surface area contributed by atoms with Crippen LogP contribution in [0.2, 0.25) is 0 Å². The molecule has 0 fully saturated rings. The van der Waals surface area contributed by atoms with Gasteiger partial charge in [0.15, 0.2) is 0 Å². The maximum absolute atomic E-state index is 13.0. The molecule has 4 nitrogen and oxygen atoms in total. The Kier molecular flexibility index (Phi) is 3.07. The Morgan fingerprint density at radius 3 is 2.56 bits per heavy atom. The molecule has 0 aliphatic carbocycles. The molecule has 2 aromatic carbocycles. The summed E-state index contributed by atoms with van der Waals surface area (Å²) in [5.74, 6) is 0.199. The minimum atomic E-state index is -0.0124. The van der Waals surface area contributed by atoms with E-state index in [0.717, 1.165) is 23.0 Å². The molecule has 4 heteroatoms. The van der Waals surface area contributed by atoms with Gasteiger partial charge in [0.05, 0.1) is 17.3 Å². The predicted octanol–water partition coefficient (Wildman–Crippen LogP) is 3.81. The van der Waals surface area contributed by atoms with Gasteiger partial charge in [-0.05, 0) is 36.6 Å². The summed E-state index contributed by atoms with van der Waals surface area (Å²) in [6.45, 7) is 0.702. The molecule has 0 saturated heterocycles. The Labute approximate surface area is 145 Å². The number of nitrogens with zero attached hydrogens (tertiary/aromatic N) is 2. The summed E-state index contributed by atoms with van der Waals surface area (Å²) in [5, 5.41) is 1.16. The fraction of sp³-hybridized carbons (Fsp3) is 0.238. The number of hydrogen-bond donors (Lipinski definition) is 0. The average Bonchev–Trinajstić information content (AvgIpc) is 3.01. The Morgan fingerprint density at radius 1 is 0.960 bits per heavy atom. The van der Waals surface area contributed by atoms with Crippen LogP contribution in [0.15, 0.2) is 54.6 Å².